The summed E-state index contributed by atoms with van der Waals surface area (Å²) in [6.45, 7) is 1.84. The predicted molar refractivity (Wildman–Crippen MR) is 107 cm³/mol. The molecule has 148 valence electrons. The number of hydrogen-bond donors (Lipinski definition) is 2. The fourth-order valence-corrected chi connectivity index (χ4v) is 3.44. The number of carbonyl (C=O) groups is 2. The molecule has 0 unspecified atom stereocenters. The lowest BCUT2D eigenvalue weighted by Crippen LogP contribution is -2.15. The van der Waals surface area contributed by atoms with Gasteiger partial charge in [-0.3, -0.25) is 4.79 Å². The monoisotopic (exact) mass is 411 g/mol. The Morgan fingerprint density at radius 3 is 2.14 bits per heavy atom. The van der Waals surface area contributed by atoms with Gasteiger partial charge in [-0.25, -0.2) is 4.79 Å². The van der Waals surface area contributed by atoms with Gasteiger partial charge in [0.05, 0.1) is 11.3 Å². The van der Waals surface area contributed by atoms with E-state index in [9.17, 15) is 23.1 Å². The molecule has 0 atom stereocenters. The van der Waals surface area contributed by atoms with Gasteiger partial charge >= 0.3 is 16.1 Å². The van der Waals surface area contributed by atoms with E-state index in [0.717, 1.165) is 5.56 Å². The number of benzene rings is 3. The van der Waals surface area contributed by atoms with E-state index in [4.69, 9.17) is 4.18 Å². The standard InChI is InChI=1S/C21H17NO6S/c1-14-6-12-17(13-7-14)29(26,27)28-16-10-8-15(9-11-16)20(23)22-19-5-3-2-4-18(19)21(24)25/h2-13H,1H3,(H,22,23)(H,24,25). The van der Waals surface area contributed by atoms with Crippen LogP contribution >= 0.6 is 0 Å². The molecule has 0 aliphatic rings. The highest BCUT2D eigenvalue weighted by Gasteiger charge is 2.17. The first-order chi connectivity index (χ1) is 13.8. The highest BCUT2D eigenvalue weighted by Crippen LogP contribution is 2.21. The minimum atomic E-state index is -3.99. The first-order valence-electron chi connectivity index (χ1n) is 8.51. The summed E-state index contributed by atoms with van der Waals surface area (Å²) in [5.74, 6) is -1.65. The molecule has 0 heterocycles. The number of nitrogens with one attached hydrogen (secondary N) is 1. The number of rotatable bonds is 6. The Hall–Kier alpha value is -3.65. The maximum Gasteiger partial charge on any atom is 0.339 e. The van der Waals surface area contributed by atoms with Crippen LogP contribution in [0.15, 0.2) is 77.7 Å². The van der Waals surface area contributed by atoms with Gasteiger partial charge in [0.15, 0.2) is 0 Å². The molecule has 0 aliphatic heterocycles. The van der Waals surface area contributed by atoms with Crippen LogP contribution in [0.3, 0.4) is 0 Å². The summed E-state index contributed by atoms with van der Waals surface area (Å²) in [4.78, 5) is 23.6. The van der Waals surface area contributed by atoms with E-state index in [-0.39, 0.29) is 27.5 Å². The van der Waals surface area contributed by atoms with Gasteiger partial charge in [-0.15, -0.1) is 0 Å². The highest BCUT2D eigenvalue weighted by molar-refractivity contribution is 7.87. The third kappa shape index (κ3) is 4.80. The summed E-state index contributed by atoms with van der Waals surface area (Å²) < 4.78 is 29.7. The number of carboxylic acids is 1. The zero-order valence-corrected chi connectivity index (χ0v) is 16.1. The van der Waals surface area contributed by atoms with Gasteiger partial charge in [0, 0.05) is 5.56 Å². The zero-order valence-electron chi connectivity index (χ0n) is 15.3. The fraction of sp³-hybridized carbons (Fsp3) is 0.0476. The van der Waals surface area contributed by atoms with Crippen LogP contribution in [0.1, 0.15) is 26.3 Å². The van der Waals surface area contributed by atoms with Crippen LogP contribution in [0, 0.1) is 6.92 Å². The molecular weight excluding hydrogens is 394 g/mol. The van der Waals surface area contributed by atoms with E-state index in [1.54, 1.807) is 24.3 Å². The second-order valence-electron chi connectivity index (χ2n) is 6.18. The smallest absolute Gasteiger partial charge is 0.339 e. The quantitative estimate of drug-likeness (QED) is 0.599. The molecule has 1 amide bonds. The molecule has 3 rings (SSSR count). The van der Waals surface area contributed by atoms with Gasteiger partial charge in [-0.1, -0.05) is 29.8 Å². The molecule has 0 spiro atoms. The molecule has 7 nitrogen and oxygen atoms in total. The van der Waals surface area contributed by atoms with Crippen molar-refractivity contribution in [2.24, 2.45) is 0 Å². The van der Waals surface area contributed by atoms with Gasteiger partial charge in [0.1, 0.15) is 10.6 Å². The Labute approximate surface area is 167 Å². The summed E-state index contributed by atoms with van der Waals surface area (Å²) in [5, 5.41) is 11.7. The van der Waals surface area contributed by atoms with E-state index in [1.807, 2.05) is 6.92 Å². The molecule has 0 saturated carbocycles. The predicted octanol–water partition coefficient (Wildman–Crippen LogP) is 3.71. The molecule has 0 saturated heterocycles. The third-order valence-electron chi connectivity index (χ3n) is 4.04. The van der Waals surface area contributed by atoms with Gasteiger partial charge < -0.3 is 14.6 Å². The third-order valence-corrected chi connectivity index (χ3v) is 5.30. The topological polar surface area (TPSA) is 110 Å². The second-order valence-corrected chi connectivity index (χ2v) is 7.73. The number of carboxylic acid groups (broad SMARTS) is 1. The molecule has 0 aliphatic carbocycles. The minimum absolute atomic E-state index is 0.0233. The lowest BCUT2D eigenvalue weighted by molar-refractivity contribution is 0.0698. The lowest BCUT2D eigenvalue weighted by Gasteiger charge is -2.10. The van der Waals surface area contributed by atoms with Crippen LogP contribution < -0.4 is 9.50 Å². The summed E-state index contributed by atoms with van der Waals surface area (Å²) >= 11 is 0. The zero-order chi connectivity index (χ0) is 21.0. The van der Waals surface area contributed by atoms with Crippen molar-refractivity contribution in [3.8, 4) is 5.75 Å². The summed E-state index contributed by atoms with van der Waals surface area (Å²) in [5.41, 5.74) is 1.26. The van der Waals surface area contributed by atoms with Gasteiger partial charge in [-0.2, -0.15) is 8.42 Å². The number of anilines is 1. The largest absolute Gasteiger partial charge is 0.478 e. The van der Waals surface area contributed by atoms with Crippen LogP contribution in [0.25, 0.3) is 0 Å². The number of carbonyl (C=O) groups excluding carboxylic acids is 1. The highest BCUT2D eigenvalue weighted by atomic mass is 32.2. The Bertz CT molecular complexity index is 1150. The molecule has 2 N–H and O–H groups in total. The van der Waals surface area contributed by atoms with Crippen LogP contribution in [0.4, 0.5) is 5.69 Å². The summed E-state index contributed by atoms with van der Waals surface area (Å²) in [6.07, 6.45) is 0. The average Bonchev–Trinajstić information content (AvgIpc) is 2.69. The van der Waals surface area contributed by atoms with E-state index >= 15 is 0 Å². The van der Waals surface area contributed by atoms with Crippen molar-refractivity contribution in [2.45, 2.75) is 11.8 Å². The summed E-state index contributed by atoms with van der Waals surface area (Å²) in [6, 6.07) is 17.7. The lowest BCUT2D eigenvalue weighted by atomic mass is 10.1. The molecule has 3 aromatic rings. The Morgan fingerprint density at radius 2 is 1.52 bits per heavy atom. The van der Waals surface area contributed by atoms with Crippen molar-refractivity contribution < 1.29 is 27.3 Å². The number of aryl methyl sites for hydroxylation is 1. The van der Waals surface area contributed by atoms with Crippen LogP contribution in [0.2, 0.25) is 0 Å². The van der Waals surface area contributed by atoms with E-state index in [0.29, 0.717) is 0 Å². The Balaban J connectivity index is 1.74. The van der Waals surface area contributed by atoms with Crippen LogP contribution in [0.5, 0.6) is 5.75 Å². The maximum atomic E-state index is 12.4. The molecule has 8 heteroatoms. The molecule has 29 heavy (non-hydrogen) atoms. The van der Waals surface area contributed by atoms with Crippen LogP contribution in [-0.4, -0.2) is 25.4 Å². The number of amides is 1. The number of para-hydroxylation sites is 1. The number of hydrogen-bond acceptors (Lipinski definition) is 5. The van der Waals surface area contributed by atoms with E-state index in [1.165, 1.54) is 48.5 Å². The fourth-order valence-electron chi connectivity index (χ4n) is 2.51. The first kappa shape index (κ1) is 20.1. The van der Waals surface area contributed by atoms with Crippen molar-refractivity contribution in [1.82, 2.24) is 0 Å². The Kier molecular flexibility index (Phi) is 5.65. The van der Waals surface area contributed by atoms with Gasteiger partial charge in [0.25, 0.3) is 5.91 Å². The average molecular weight is 411 g/mol. The Morgan fingerprint density at radius 1 is 0.897 bits per heavy atom. The number of aromatic carboxylic acids is 1. The molecule has 0 bridgehead atoms. The van der Waals surface area contributed by atoms with Gasteiger partial charge in [0.2, 0.25) is 0 Å². The molecular formula is C21H17NO6S. The van der Waals surface area contributed by atoms with Crippen molar-refractivity contribution in [1.29, 1.82) is 0 Å². The second kappa shape index (κ2) is 8.15. The van der Waals surface area contributed by atoms with Crippen LogP contribution in [-0.2, 0) is 10.1 Å². The molecule has 3 aromatic carbocycles. The first-order valence-corrected chi connectivity index (χ1v) is 9.92. The molecule has 0 aromatic heterocycles. The molecule has 0 radical (unpaired) electrons. The van der Waals surface area contributed by atoms with Crippen molar-refractivity contribution in [3.63, 3.8) is 0 Å². The van der Waals surface area contributed by atoms with Gasteiger partial charge in [-0.05, 0) is 55.5 Å². The van der Waals surface area contributed by atoms with Crippen molar-refractivity contribution in [3.05, 3.63) is 89.5 Å². The van der Waals surface area contributed by atoms with E-state index < -0.39 is 22.0 Å². The normalized spacial score (nSPS) is 10.9. The van der Waals surface area contributed by atoms with Crippen molar-refractivity contribution >= 4 is 27.7 Å². The van der Waals surface area contributed by atoms with E-state index in [2.05, 4.69) is 5.32 Å². The minimum Gasteiger partial charge on any atom is -0.478 e. The molecule has 0 fully saturated rings. The maximum absolute atomic E-state index is 12.4. The van der Waals surface area contributed by atoms with Crippen molar-refractivity contribution in [2.75, 3.05) is 5.32 Å². The summed E-state index contributed by atoms with van der Waals surface area (Å²) in [7, 11) is -3.99. The SMILES string of the molecule is Cc1ccc(S(=O)(=O)Oc2ccc(C(=O)Nc3ccccc3C(=O)O)cc2)cc1.